The number of carbonyl (C=O) groups excluding carboxylic acids is 2. The van der Waals surface area contributed by atoms with Gasteiger partial charge in [-0.15, -0.1) is 0 Å². The summed E-state index contributed by atoms with van der Waals surface area (Å²) in [7, 11) is 1.53. The summed E-state index contributed by atoms with van der Waals surface area (Å²) < 4.78 is 5.05. The Bertz CT molecular complexity index is 524. The number of carbonyl (C=O) groups is 2. The van der Waals surface area contributed by atoms with Crippen LogP contribution in [-0.4, -0.2) is 36.5 Å². The summed E-state index contributed by atoms with van der Waals surface area (Å²) in [6.45, 7) is 0. The van der Waals surface area contributed by atoms with Gasteiger partial charge in [0.2, 0.25) is 11.8 Å². The van der Waals surface area contributed by atoms with Crippen molar-refractivity contribution in [3.05, 3.63) is 23.2 Å². The molecule has 1 aromatic carbocycles. The van der Waals surface area contributed by atoms with Crippen LogP contribution in [0.5, 0.6) is 5.75 Å². The molecule has 0 bridgehead atoms. The van der Waals surface area contributed by atoms with E-state index in [9.17, 15) is 9.59 Å². The number of thioether (sulfide) groups is 1. The van der Waals surface area contributed by atoms with Crippen LogP contribution >= 0.6 is 23.4 Å². The summed E-state index contributed by atoms with van der Waals surface area (Å²) in [5.41, 5.74) is 0.573. The van der Waals surface area contributed by atoms with Crippen LogP contribution in [-0.2, 0) is 9.59 Å². The van der Waals surface area contributed by atoms with E-state index in [0.29, 0.717) is 28.6 Å². The highest BCUT2D eigenvalue weighted by atomic mass is 35.5. The Labute approximate surface area is 126 Å². The number of ether oxygens (including phenoxy) is 1. The maximum Gasteiger partial charge on any atom is 0.247 e. The fourth-order valence-corrected chi connectivity index (χ4v) is 3.01. The minimum atomic E-state index is -0.518. The first kappa shape index (κ1) is 15.0. The van der Waals surface area contributed by atoms with Gasteiger partial charge in [-0.3, -0.25) is 9.59 Å². The van der Waals surface area contributed by atoms with E-state index in [2.05, 4.69) is 10.6 Å². The van der Waals surface area contributed by atoms with Crippen molar-refractivity contribution in [3.63, 3.8) is 0 Å². The van der Waals surface area contributed by atoms with Crippen molar-refractivity contribution >= 4 is 40.9 Å². The molecule has 5 nitrogen and oxygen atoms in total. The van der Waals surface area contributed by atoms with Gasteiger partial charge in [0.25, 0.3) is 0 Å². The van der Waals surface area contributed by atoms with E-state index >= 15 is 0 Å². The number of anilines is 1. The number of methoxy groups -OCH3 is 1. The Morgan fingerprint density at radius 3 is 3.05 bits per heavy atom. The summed E-state index contributed by atoms with van der Waals surface area (Å²) in [4.78, 5) is 23.6. The Morgan fingerprint density at radius 1 is 1.55 bits per heavy atom. The number of hydrogen-bond donors (Lipinski definition) is 2. The van der Waals surface area contributed by atoms with Gasteiger partial charge >= 0.3 is 0 Å². The average molecular weight is 315 g/mol. The van der Waals surface area contributed by atoms with Crippen LogP contribution in [0.15, 0.2) is 18.2 Å². The predicted octanol–water partition coefficient (Wildman–Crippen LogP) is 1.91. The summed E-state index contributed by atoms with van der Waals surface area (Å²) in [6, 6.07) is 4.48. The van der Waals surface area contributed by atoms with E-state index in [-0.39, 0.29) is 11.8 Å². The molecule has 1 aromatic rings. The topological polar surface area (TPSA) is 67.4 Å². The second kappa shape index (κ2) is 6.85. The van der Waals surface area contributed by atoms with Gasteiger partial charge in [-0.25, -0.2) is 0 Å². The van der Waals surface area contributed by atoms with Crippen LogP contribution in [0, 0.1) is 0 Å². The Kier molecular flexibility index (Phi) is 5.14. The SMILES string of the molecule is COc1ccc(NC(=O)[C@H]2CSCCC(=O)N2)cc1Cl. The van der Waals surface area contributed by atoms with Crippen LogP contribution < -0.4 is 15.4 Å². The molecule has 1 saturated heterocycles. The fourth-order valence-electron chi connectivity index (χ4n) is 1.79. The first-order valence-electron chi connectivity index (χ1n) is 6.11. The minimum Gasteiger partial charge on any atom is -0.495 e. The molecule has 2 amide bonds. The third kappa shape index (κ3) is 3.80. The molecule has 1 aliphatic heterocycles. The van der Waals surface area contributed by atoms with E-state index in [1.54, 1.807) is 30.0 Å². The van der Waals surface area contributed by atoms with E-state index in [0.717, 1.165) is 5.75 Å². The van der Waals surface area contributed by atoms with Gasteiger partial charge in [-0.05, 0) is 18.2 Å². The first-order valence-corrected chi connectivity index (χ1v) is 7.65. The van der Waals surface area contributed by atoms with Crippen LogP contribution in [0.3, 0.4) is 0 Å². The van der Waals surface area contributed by atoms with Crippen LogP contribution in [0.2, 0.25) is 5.02 Å². The zero-order valence-corrected chi connectivity index (χ0v) is 12.5. The molecule has 1 heterocycles. The van der Waals surface area contributed by atoms with Crippen molar-refractivity contribution < 1.29 is 14.3 Å². The zero-order valence-electron chi connectivity index (χ0n) is 10.9. The van der Waals surface area contributed by atoms with Crippen molar-refractivity contribution in [2.45, 2.75) is 12.5 Å². The molecule has 2 N–H and O–H groups in total. The van der Waals surface area contributed by atoms with Crippen molar-refractivity contribution in [2.24, 2.45) is 0 Å². The molecule has 0 aliphatic carbocycles. The highest BCUT2D eigenvalue weighted by Crippen LogP contribution is 2.27. The van der Waals surface area contributed by atoms with Gasteiger partial charge in [0.05, 0.1) is 12.1 Å². The molecule has 0 radical (unpaired) electrons. The number of halogens is 1. The first-order chi connectivity index (χ1) is 9.60. The second-order valence-corrected chi connectivity index (χ2v) is 5.84. The van der Waals surface area contributed by atoms with Crippen molar-refractivity contribution in [1.82, 2.24) is 5.32 Å². The molecule has 1 aliphatic rings. The number of hydrogen-bond acceptors (Lipinski definition) is 4. The normalized spacial score (nSPS) is 18.9. The van der Waals surface area contributed by atoms with E-state index in [1.165, 1.54) is 7.11 Å². The molecule has 0 saturated carbocycles. The van der Waals surface area contributed by atoms with Gasteiger partial charge in [-0.2, -0.15) is 11.8 Å². The van der Waals surface area contributed by atoms with Crippen LogP contribution in [0.25, 0.3) is 0 Å². The molecular weight excluding hydrogens is 300 g/mol. The molecule has 0 aromatic heterocycles. The van der Waals surface area contributed by atoms with Crippen LogP contribution in [0.4, 0.5) is 5.69 Å². The number of rotatable bonds is 3. The van der Waals surface area contributed by atoms with Crippen molar-refractivity contribution in [3.8, 4) is 5.75 Å². The molecule has 0 unspecified atom stereocenters. The van der Waals surface area contributed by atoms with Gasteiger partial charge in [0, 0.05) is 23.6 Å². The molecule has 2 rings (SSSR count). The largest absolute Gasteiger partial charge is 0.495 e. The van der Waals surface area contributed by atoms with Gasteiger partial charge in [-0.1, -0.05) is 11.6 Å². The van der Waals surface area contributed by atoms with Gasteiger partial charge in [0.1, 0.15) is 11.8 Å². The standard InChI is InChI=1S/C13H15ClN2O3S/c1-19-11-3-2-8(6-9(11)14)15-13(18)10-7-20-5-4-12(17)16-10/h2-3,6,10H,4-5,7H2,1H3,(H,15,18)(H,16,17)/t10-/m1/s1. The molecular formula is C13H15ClN2O3S. The lowest BCUT2D eigenvalue weighted by atomic mass is 10.2. The molecule has 20 heavy (non-hydrogen) atoms. The van der Waals surface area contributed by atoms with E-state index in [4.69, 9.17) is 16.3 Å². The average Bonchev–Trinajstić information content (AvgIpc) is 2.64. The maximum atomic E-state index is 12.1. The summed E-state index contributed by atoms with van der Waals surface area (Å²) in [5.74, 6) is 1.52. The maximum absolute atomic E-state index is 12.1. The van der Waals surface area contributed by atoms with Gasteiger partial charge in [0.15, 0.2) is 0 Å². The highest BCUT2D eigenvalue weighted by Gasteiger charge is 2.23. The molecule has 1 fully saturated rings. The lowest BCUT2D eigenvalue weighted by molar-refractivity contribution is -0.125. The molecule has 108 valence electrons. The molecule has 1 atom stereocenters. The Morgan fingerprint density at radius 2 is 2.35 bits per heavy atom. The van der Waals surface area contributed by atoms with Crippen LogP contribution in [0.1, 0.15) is 6.42 Å². The lowest BCUT2D eigenvalue weighted by Crippen LogP contribution is -2.44. The minimum absolute atomic E-state index is 0.0945. The fraction of sp³-hybridized carbons (Fsp3) is 0.385. The van der Waals surface area contributed by atoms with Gasteiger partial charge < -0.3 is 15.4 Å². The monoisotopic (exact) mass is 314 g/mol. The Hall–Kier alpha value is -1.40. The number of benzene rings is 1. The molecule has 0 spiro atoms. The lowest BCUT2D eigenvalue weighted by Gasteiger charge is -2.15. The number of nitrogens with one attached hydrogen (secondary N) is 2. The smallest absolute Gasteiger partial charge is 0.247 e. The zero-order chi connectivity index (χ0) is 14.5. The summed E-state index contributed by atoms with van der Waals surface area (Å²) in [6.07, 6.45) is 0.447. The third-order valence-corrected chi connectivity index (χ3v) is 4.19. The second-order valence-electron chi connectivity index (χ2n) is 4.28. The third-order valence-electron chi connectivity index (χ3n) is 2.83. The van der Waals surface area contributed by atoms with E-state index in [1.807, 2.05) is 0 Å². The van der Waals surface area contributed by atoms with Crippen molar-refractivity contribution in [2.75, 3.05) is 23.9 Å². The highest BCUT2D eigenvalue weighted by molar-refractivity contribution is 7.99. The number of amides is 2. The Balaban J connectivity index is 2.03. The summed E-state index contributed by atoms with van der Waals surface area (Å²) in [5, 5.41) is 5.87. The van der Waals surface area contributed by atoms with Crippen molar-refractivity contribution in [1.29, 1.82) is 0 Å². The quantitative estimate of drug-likeness (QED) is 0.894. The summed E-state index contributed by atoms with van der Waals surface area (Å²) >= 11 is 7.58. The molecule has 7 heteroatoms. The predicted molar refractivity (Wildman–Crippen MR) is 80.5 cm³/mol. The van der Waals surface area contributed by atoms with E-state index < -0.39 is 6.04 Å².